The molecule has 0 saturated heterocycles. The summed E-state index contributed by atoms with van der Waals surface area (Å²) in [5.41, 5.74) is 6.11. The Bertz CT molecular complexity index is 241. The van der Waals surface area contributed by atoms with E-state index in [0.29, 0.717) is 5.92 Å². The van der Waals surface area contributed by atoms with Gasteiger partial charge in [0.25, 0.3) is 0 Å². The van der Waals surface area contributed by atoms with Crippen molar-refractivity contribution in [3.05, 3.63) is 22.3 Å². The normalized spacial score (nSPS) is 16.7. The first-order valence-electron chi connectivity index (χ1n) is 5.13. The molecule has 0 spiro atoms. The first kappa shape index (κ1) is 15.1. The van der Waals surface area contributed by atoms with Gasteiger partial charge in [0.2, 0.25) is 0 Å². The van der Waals surface area contributed by atoms with E-state index in [1.165, 1.54) is 11.1 Å². The molecule has 0 bridgehead atoms. The van der Waals surface area contributed by atoms with Gasteiger partial charge in [0.05, 0.1) is 0 Å². The number of hydrogen-bond acceptors (Lipinski definition) is 2. The zero-order valence-corrected chi connectivity index (χ0v) is 12.5. The van der Waals surface area contributed by atoms with Crippen molar-refractivity contribution in [2.75, 3.05) is 14.2 Å². The fraction of sp³-hybridized carbons (Fsp3) is 0.667. The van der Waals surface area contributed by atoms with E-state index in [1.54, 1.807) is 25.4 Å². The van der Waals surface area contributed by atoms with Crippen LogP contribution in [0.15, 0.2) is 22.3 Å². The summed E-state index contributed by atoms with van der Waals surface area (Å²) in [6, 6.07) is 0. The van der Waals surface area contributed by atoms with Gasteiger partial charge in [-0.3, -0.25) is 0 Å². The Morgan fingerprint density at radius 2 is 1.20 bits per heavy atom. The maximum atomic E-state index is 4.59. The Morgan fingerprint density at radius 3 is 1.27 bits per heavy atom. The molecule has 0 aromatic rings. The van der Waals surface area contributed by atoms with Gasteiger partial charge in [0.15, 0.2) is 0 Å². The van der Waals surface area contributed by atoms with E-state index >= 15 is 0 Å². The van der Waals surface area contributed by atoms with Crippen molar-refractivity contribution in [1.29, 1.82) is 0 Å². The van der Waals surface area contributed by atoms with Gasteiger partial charge in [0.1, 0.15) is 0 Å². The van der Waals surface area contributed by atoms with Crippen LogP contribution in [0.1, 0.15) is 34.6 Å². The Morgan fingerprint density at radius 1 is 0.867 bits per heavy atom. The first-order valence-corrected chi connectivity index (χ1v) is 6.40. The van der Waals surface area contributed by atoms with Crippen molar-refractivity contribution >= 4 is 0 Å². The fourth-order valence-electron chi connectivity index (χ4n) is 1.65. The molecule has 0 atom stereocenters. The number of allylic oxidation sites excluding steroid dienone is 4. The van der Waals surface area contributed by atoms with Crippen LogP contribution in [0.2, 0.25) is 0 Å². The Kier molecular flexibility index (Phi) is 7.45. The predicted molar refractivity (Wildman–Crippen MR) is 59.9 cm³/mol. The molecule has 1 aliphatic carbocycles. The van der Waals surface area contributed by atoms with Gasteiger partial charge in [-0.25, -0.2) is 0 Å². The monoisotopic (exact) mass is 246 g/mol. The van der Waals surface area contributed by atoms with Crippen molar-refractivity contribution in [2.45, 2.75) is 34.6 Å². The molecule has 0 unspecified atom stereocenters. The van der Waals surface area contributed by atoms with Gasteiger partial charge in [-0.1, -0.05) is 18.1 Å². The summed E-state index contributed by atoms with van der Waals surface area (Å²) in [7, 11) is 3.28. The second kappa shape index (κ2) is 7.40. The molecule has 0 aliphatic heterocycles. The van der Waals surface area contributed by atoms with Crippen molar-refractivity contribution in [3.8, 4) is 0 Å². The molecule has 86 valence electrons. The standard InChI is InChI=1S/C10H16.2CH3O.Ti/c1-6-7(2)9(4)10(5)8(6)3;2*1-2;/h6H,1-5H3;2*1H3;/q;2*-1;+2. The molecular weight excluding hydrogens is 224 g/mol. The van der Waals surface area contributed by atoms with Crippen molar-refractivity contribution in [2.24, 2.45) is 5.92 Å². The molecule has 0 amide bonds. The van der Waals surface area contributed by atoms with Gasteiger partial charge in [-0.2, -0.15) is 0 Å². The van der Waals surface area contributed by atoms with Gasteiger partial charge in [-0.05, 0) is 44.8 Å². The minimum absolute atomic E-state index is 0.472. The molecule has 0 aromatic carbocycles. The average Bonchev–Trinajstić information content (AvgIpc) is 2.39. The molecule has 3 heteroatoms. The molecule has 0 radical (unpaired) electrons. The Balaban J connectivity index is 0.000000336. The van der Waals surface area contributed by atoms with Crippen molar-refractivity contribution < 1.29 is 26.6 Å². The Hall–Kier alpha value is 0.114. The SMILES string of the molecule is CC1=C(C)C(C)C(C)=C1C.C[O][Ti][O]C. The summed E-state index contributed by atoms with van der Waals surface area (Å²) in [5, 5.41) is 0. The van der Waals surface area contributed by atoms with Crippen LogP contribution in [0.25, 0.3) is 0 Å². The average molecular weight is 246 g/mol. The molecule has 0 aromatic heterocycles. The van der Waals surface area contributed by atoms with Gasteiger partial charge in [-0.15, -0.1) is 0 Å². The van der Waals surface area contributed by atoms with Crippen LogP contribution in [0.4, 0.5) is 0 Å². The van der Waals surface area contributed by atoms with Crippen LogP contribution < -0.4 is 0 Å². The first-order chi connectivity index (χ1) is 6.97. The van der Waals surface area contributed by atoms with Crippen LogP contribution in [-0.2, 0) is 26.6 Å². The van der Waals surface area contributed by atoms with E-state index < -0.39 is 19.9 Å². The third-order valence-corrected chi connectivity index (χ3v) is 3.73. The summed E-state index contributed by atoms with van der Waals surface area (Å²) in [5.74, 6) is 0.694. The molecule has 0 saturated carbocycles. The summed E-state index contributed by atoms with van der Waals surface area (Å²) in [6.45, 7) is 11.2. The Labute approximate surface area is 104 Å². The van der Waals surface area contributed by atoms with E-state index in [4.69, 9.17) is 0 Å². The summed E-state index contributed by atoms with van der Waals surface area (Å²) in [4.78, 5) is 0. The second-order valence-corrected chi connectivity index (χ2v) is 5.36. The van der Waals surface area contributed by atoms with E-state index in [9.17, 15) is 0 Å². The number of hydrogen-bond donors (Lipinski definition) is 0. The molecule has 2 nitrogen and oxygen atoms in total. The van der Waals surface area contributed by atoms with Crippen molar-refractivity contribution in [1.82, 2.24) is 0 Å². The number of rotatable bonds is 2. The third kappa shape index (κ3) is 4.24. The second-order valence-electron chi connectivity index (χ2n) is 3.83. The molecular formula is C12H22O2Ti. The van der Waals surface area contributed by atoms with Crippen LogP contribution in [0.5, 0.6) is 0 Å². The van der Waals surface area contributed by atoms with E-state index in [-0.39, 0.29) is 0 Å². The zero-order chi connectivity index (χ0) is 12.0. The molecule has 0 heterocycles. The predicted octanol–water partition coefficient (Wildman–Crippen LogP) is 3.50. The van der Waals surface area contributed by atoms with Gasteiger partial charge in [0, 0.05) is 0 Å². The summed E-state index contributed by atoms with van der Waals surface area (Å²) >= 11 is -0.472. The molecule has 1 aliphatic rings. The summed E-state index contributed by atoms with van der Waals surface area (Å²) < 4.78 is 9.19. The van der Waals surface area contributed by atoms with Gasteiger partial charge >= 0.3 is 40.8 Å². The van der Waals surface area contributed by atoms with Crippen molar-refractivity contribution in [3.63, 3.8) is 0 Å². The van der Waals surface area contributed by atoms with Crippen LogP contribution in [0.3, 0.4) is 0 Å². The fourth-order valence-corrected chi connectivity index (χ4v) is 1.91. The van der Waals surface area contributed by atoms with E-state index in [2.05, 4.69) is 41.3 Å². The van der Waals surface area contributed by atoms with Gasteiger partial charge < -0.3 is 0 Å². The topological polar surface area (TPSA) is 18.5 Å². The molecule has 15 heavy (non-hydrogen) atoms. The molecule has 1 rings (SSSR count). The van der Waals surface area contributed by atoms with E-state index in [1.807, 2.05) is 0 Å². The summed E-state index contributed by atoms with van der Waals surface area (Å²) in [6.07, 6.45) is 0. The minimum atomic E-state index is -0.472. The van der Waals surface area contributed by atoms with E-state index in [0.717, 1.165) is 0 Å². The van der Waals surface area contributed by atoms with Crippen LogP contribution >= 0.6 is 0 Å². The third-order valence-electron chi connectivity index (χ3n) is 3.21. The van der Waals surface area contributed by atoms with Crippen LogP contribution in [-0.4, -0.2) is 14.2 Å². The molecule has 0 fully saturated rings. The molecule has 0 N–H and O–H groups in total. The zero-order valence-electron chi connectivity index (χ0n) is 10.9. The maximum absolute atomic E-state index is 4.59. The van der Waals surface area contributed by atoms with Crippen LogP contribution in [0, 0.1) is 5.92 Å². The quantitative estimate of drug-likeness (QED) is 0.694.